The molecule has 0 aliphatic rings. The molecular weight excluding hydrogens is 160 g/mol. The molecule has 0 aliphatic carbocycles. The van der Waals surface area contributed by atoms with Crippen molar-refractivity contribution in [3.63, 3.8) is 0 Å². The van der Waals surface area contributed by atoms with Crippen LogP contribution in [0.2, 0.25) is 0 Å². The van der Waals surface area contributed by atoms with Gasteiger partial charge in [-0.3, -0.25) is 0 Å². The molecule has 0 aliphatic heterocycles. The summed E-state index contributed by atoms with van der Waals surface area (Å²) in [6.45, 7) is 1.44. The zero-order chi connectivity index (χ0) is 5.91. The van der Waals surface area contributed by atoms with Crippen LogP contribution in [0.4, 0.5) is 0 Å². The number of hydrogen-bond donors (Lipinski definition) is 1. The Balaban J connectivity index is 3.58. The van der Waals surface area contributed by atoms with Gasteiger partial charge in [-0.05, 0) is 6.92 Å². The maximum Gasteiger partial charge on any atom is 0.152 e. The predicted octanol–water partition coefficient (Wildman–Crippen LogP) is 0.331. The third-order valence-electron chi connectivity index (χ3n) is 0.524. The van der Waals surface area contributed by atoms with E-state index < -0.39 is 5.60 Å². The average Bonchev–Trinajstić information content (AvgIpc) is 1.68. The van der Waals surface area contributed by atoms with E-state index in [1.165, 1.54) is 6.92 Å². The molecule has 0 spiro atoms. The van der Waals surface area contributed by atoms with E-state index in [-0.39, 0.29) is 0 Å². The number of carbonyl (C=O) groups excluding carboxylic acids is 1. The highest BCUT2D eigenvalue weighted by Gasteiger charge is 2.15. The minimum atomic E-state index is -1.18. The number of aldehydes is 1. The van der Waals surface area contributed by atoms with Crippen molar-refractivity contribution in [3.05, 3.63) is 0 Å². The lowest BCUT2D eigenvalue weighted by molar-refractivity contribution is -0.120. The van der Waals surface area contributed by atoms with Crippen molar-refractivity contribution in [1.82, 2.24) is 0 Å². The Morgan fingerprint density at radius 2 is 2.43 bits per heavy atom. The van der Waals surface area contributed by atoms with Crippen LogP contribution in [0.25, 0.3) is 0 Å². The van der Waals surface area contributed by atoms with E-state index in [1.807, 2.05) is 0 Å². The van der Waals surface area contributed by atoms with Gasteiger partial charge in [0.25, 0.3) is 0 Å². The van der Waals surface area contributed by atoms with Gasteiger partial charge in [0.15, 0.2) is 6.29 Å². The highest BCUT2D eigenvalue weighted by Crippen LogP contribution is 2.01. The number of carbonyl (C=O) groups is 1. The van der Waals surface area contributed by atoms with Gasteiger partial charge in [0.2, 0.25) is 0 Å². The second-order valence-electron chi connectivity index (χ2n) is 1.61. The Labute approximate surface area is 50.7 Å². The van der Waals surface area contributed by atoms with Crippen LogP contribution in [0.15, 0.2) is 0 Å². The monoisotopic (exact) mass is 166 g/mol. The second-order valence-corrected chi connectivity index (χ2v) is 2.17. The van der Waals surface area contributed by atoms with Crippen molar-refractivity contribution in [1.29, 1.82) is 0 Å². The summed E-state index contributed by atoms with van der Waals surface area (Å²) in [6, 6.07) is 0. The topological polar surface area (TPSA) is 37.3 Å². The predicted molar refractivity (Wildman–Crippen MR) is 30.5 cm³/mol. The number of aliphatic hydroxyl groups is 1. The quantitative estimate of drug-likeness (QED) is 0.475. The van der Waals surface area contributed by atoms with Crippen LogP contribution in [0.1, 0.15) is 6.92 Å². The molecule has 1 unspecified atom stereocenters. The first-order chi connectivity index (χ1) is 3.12. The number of hydrogen-bond acceptors (Lipinski definition) is 2. The van der Waals surface area contributed by atoms with Gasteiger partial charge in [-0.2, -0.15) is 0 Å². The summed E-state index contributed by atoms with van der Waals surface area (Å²) in [5.74, 6) is 0. The number of alkyl halides is 1. The summed E-state index contributed by atoms with van der Waals surface area (Å²) in [6.07, 6.45) is 0.502. The van der Waals surface area contributed by atoms with Gasteiger partial charge in [0.1, 0.15) is 5.60 Å². The van der Waals surface area contributed by atoms with Crippen LogP contribution in [0, 0.1) is 0 Å². The van der Waals surface area contributed by atoms with Gasteiger partial charge < -0.3 is 9.90 Å². The standard InChI is InChI=1S/C4H7BrO2/c1-4(7,2-5)3-6/h3,7H,2H2,1H3. The lowest BCUT2D eigenvalue weighted by atomic mass is 10.2. The van der Waals surface area contributed by atoms with Crippen molar-refractivity contribution in [2.45, 2.75) is 12.5 Å². The molecule has 0 radical (unpaired) electrons. The summed E-state index contributed by atoms with van der Waals surface area (Å²) in [5.41, 5.74) is -1.18. The maximum absolute atomic E-state index is 9.78. The van der Waals surface area contributed by atoms with E-state index in [1.54, 1.807) is 0 Å². The molecule has 2 nitrogen and oxygen atoms in total. The highest BCUT2D eigenvalue weighted by molar-refractivity contribution is 9.09. The molecule has 0 heterocycles. The molecule has 0 aromatic carbocycles. The van der Waals surface area contributed by atoms with Crippen molar-refractivity contribution in [2.24, 2.45) is 0 Å². The van der Waals surface area contributed by atoms with Crippen molar-refractivity contribution >= 4 is 22.2 Å². The Kier molecular flexibility index (Phi) is 2.46. The lowest BCUT2D eigenvalue weighted by Gasteiger charge is -2.08. The summed E-state index contributed by atoms with van der Waals surface area (Å²) < 4.78 is 0. The van der Waals surface area contributed by atoms with E-state index in [0.717, 1.165) is 0 Å². The Morgan fingerprint density at radius 1 is 2.00 bits per heavy atom. The average molecular weight is 167 g/mol. The summed E-state index contributed by atoms with van der Waals surface area (Å²) >= 11 is 2.95. The van der Waals surface area contributed by atoms with E-state index >= 15 is 0 Å². The normalized spacial score (nSPS) is 18.1. The van der Waals surface area contributed by atoms with E-state index in [0.29, 0.717) is 11.6 Å². The van der Waals surface area contributed by atoms with E-state index in [9.17, 15) is 4.79 Å². The number of halogens is 1. The molecular formula is C4H7BrO2. The summed E-state index contributed by atoms with van der Waals surface area (Å²) in [4.78, 5) is 9.78. The first-order valence-electron chi connectivity index (χ1n) is 1.87. The fraction of sp³-hybridized carbons (Fsp3) is 0.750. The molecule has 3 heteroatoms. The fourth-order valence-corrected chi connectivity index (χ4v) is 0.164. The molecule has 42 valence electrons. The van der Waals surface area contributed by atoms with Crippen LogP contribution in [-0.2, 0) is 4.79 Å². The van der Waals surface area contributed by atoms with E-state index in [4.69, 9.17) is 5.11 Å². The van der Waals surface area contributed by atoms with Gasteiger partial charge in [0.05, 0.1) is 0 Å². The molecule has 0 amide bonds. The molecule has 0 saturated carbocycles. The molecule has 0 fully saturated rings. The zero-order valence-corrected chi connectivity index (χ0v) is 5.60. The van der Waals surface area contributed by atoms with Gasteiger partial charge in [-0.15, -0.1) is 0 Å². The van der Waals surface area contributed by atoms with Crippen molar-refractivity contribution < 1.29 is 9.90 Å². The minimum absolute atomic E-state index is 0.295. The van der Waals surface area contributed by atoms with Gasteiger partial charge in [0, 0.05) is 5.33 Å². The van der Waals surface area contributed by atoms with Crippen LogP contribution < -0.4 is 0 Å². The zero-order valence-electron chi connectivity index (χ0n) is 4.02. The van der Waals surface area contributed by atoms with Gasteiger partial charge in [-0.25, -0.2) is 0 Å². The fourth-order valence-electron chi connectivity index (χ4n) is 0.0315. The second kappa shape index (κ2) is 2.43. The van der Waals surface area contributed by atoms with Gasteiger partial charge in [-0.1, -0.05) is 15.9 Å². The minimum Gasteiger partial charge on any atom is -0.382 e. The van der Waals surface area contributed by atoms with Crippen LogP contribution in [0.5, 0.6) is 0 Å². The molecule has 0 bridgehead atoms. The highest BCUT2D eigenvalue weighted by atomic mass is 79.9. The lowest BCUT2D eigenvalue weighted by Crippen LogP contribution is -2.27. The van der Waals surface area contributed by atoms with Crippen molar-refractivity contribution in [3.8, 4) is 0 Å². The summed E-state index contributed by atoms with van der Waals surface area (Å²) in [7, 11) is 0. The van der Waals surface area contributed by atoms with Crippen LogP contribution >= 0.6 is 15.9 Å². The molecule has 0 aromatic heterocycles. The van der Waals surface area contributed by atoms with Gasteiger partial charge >= 0.3 is 0 Å². The molecule has 0 saturated heterocycles. The molecule has 1 atom stereocenters. The molecule has 0 aromatic rings. The molecule has 0 rings (SSSR count). The maximum atomic E-state index is 9.78. The smallest absolute Gasteiger partial charge is 0.152 e. The third-order valence-corrected chi connectivity index (χ3v) is 1.66. The molecule has 7 heavy (non-hydrogen) atoms. The molecule has 1 N–H and O–H groups in total. The Morgan fingerprint density at radius 3 is 2.43 bits per heavy atom. The van der Waals surface area contributed by atoms with Crippen LogP contribution in [-0.4, -0.2) is 22.3 Å². The van der Waals surface area contributed by atoms with Crippen molar-refractivity contribution in [2.75, 3.05) is 5.33 Å². The number of rotatable bonds is 2. The first kappa shape index (κ1) is 7.11. The summed E-state index contributed by atoms with van der Waals surface area (Å²) in [5, 5.41) is 9.01. The Bertz CT molecular complexity index is 70.1. The third kappa shape index (κ3) is 2.76. The first-order valence-corrected chi connectivity index (χ1v) is 2.99. The SMILES string of the molecule is CC(O)(C=O)CBr. The Hall–Kier alpha value is 0.110. The largest absolute Gasteiger partial charge is 0.382 e. The van der Waals surface area contributed by atoms with E-state index in [2.05, 4.69) is 15.9 Å². The van der Waals surface area contributed by atoms with Crippen LogP contribution in [0.3, 0.4) is 0 Å².